The van der Waals surface area contributed by atoms with Gasteiger partial charge in [-0.1, -0.05) is 24.6 Å². The molecule has 1 aromatic heterocycles. The lowest BCUT2D eigenvalue weighted by molar-refractivity contribution is -0.181. The van der Waals surface area contributed by atoms with Gasteiger partial charge in [-0.15, -0.1) is 0 Å². The molecule has 1 aliphatic heterocycles. The van der Waals surface area contributed by atoms with Crippen LogP contribution >= 0.6 is 11.8 Å². The van der Waals surface area contributed by atoms with Gasteiger partial charge in [-0.2, -0.15) is 0 Å². The first-order valence-electron chi connectivity index (χ1n) is 9.85. The number of aliphatic imine (C=N–C) groups is 1. The number of phenols is 1. The van der Waals surface area contributed by atoms with Gasteiger partial charge in [-0.25, -0.2) is 9.97 Å². The van der Waals surface area contributed by atoms with Gasteiger partial charge in [0.1, 0.15) is 11.4 Å². The highest BCUT2D eigenvalue weighted by atomic mass is 32.2. The number of aromatic nitrogens is 2. The smallest absolute Gasteiger partial charge is 0.312 e. The van der Waals surface area contributed by atoms with E-state index in [2.05, 4.69) is 20.0 Å². The van der Waals surface area contributed by atoms with Crippen LogP contribution in [0.1, 0.15) is 41.7 Å². The van der Waals surface area contributed by atoms with E-state index in [9.17, 15) is 9.90 Å². The summed E-state index contributed by atoms with van der Waals surface area (Å²) in [7, 11) is 0. The number of fused-ring (bicyclic) bond motifs is 1. The van der Waals surface area contributed by atoms with Crippen LogP contribution in [0.3, 0.4) is 0 Å². The zero-order chi connectivity index (χ0) is 22.0. The lowest BCUT2D eigenvalue weighted by Gasteiger charge is -2.44. The van der Waals surface area contributed by atoms with Gasteiger partial charge in [-0.05, 0) is 37.0 Å². The number of hydrogen-bond acceptors (Lipinski definition) is 10. The highest BCUT2D eigenvalue weighted by molar-refractivity contribution is 8.13. The molecule has 1 aliphatic carbocycles. The van der Waals surface area contributed by atoms with Crippen molar-refractivity contribution in [3.63, 3.8) is 0 Å². The minimum Gasteiger partial charge on any atom is -0.508 e. The van der Waals surface area contributed by atoms with Gasteiger partial charge in [0, 0.05) is 17.0 Å². The van der Waals surface area contributed by atoms with E-state index in [1.807, 2.05) is 0 Å². The summed E-state index contributed by atoms with van der Waals surface area (Å²) in [5.74, 6) is 0.581. The van der Waals surface area contributed by atoms with E-state index in [0.29, 0.717) is 16.4 Å². The molecule has 0 spiro atoms. The van der Waals surface area contributed by atoms with Crippen LogP contribution in [0.4, 0.5) is 5.69 Å². The van der Waals surface area contributed by atoms with Crippen molar-refractivity contribution in [1.29, 1.82) is 0 Å². The number of rotatable bonds is 5. The number of thioether (sulfide) groups is 1. The van der Waals surface area contributed by atoms with Crippen molar-refractivity contribution < 1.29 is 24.9 Å². The van der Waals surface area contributed by atoms with Gasteiger partial charge >= 0.3 is 6.48 Å². The van der Waals surface area contributed by atoms with Crippen LogP contribution in [0.5, 0.6) is 11.6 Å². The molecule has 6 N–H and O–H groups in total. The number of amides is 1. The number of phenolic OH excluding ortho intramolecular Hbond substituents is 1. The number of amidine groups is 1. The molecule has 31 heavy (non-hydrogen) atoms. The number of nitrogens with zero attached hydrogens (tertiary/aromatic N) is 3. The van der Waals surface area contributed by atoms with E-state index >= 15 is 0 Å². The van der Waals surface area contributed by atoms with E-state index in [4.69, 9.17) is 20.9 Å². The first-order chi connectivity index (χ1) is 14.9. The van der Waals surface area contributed by atoms with Crippen molar-refractivity contribution >= 4 is 28.5 Å². The molecule has 1 fully saturated rings. The molecule has 11 heteroatoms. The summed E-state index contributed by atoms with van der Waals surface area (Å²) in [5.41, 5.74) is 6.61. The van der Waals surface area contributed by atoms with Crippen LogP contribution in [0.25, 0.3) is 0 Å². The second-order valence-corrected chi connectivity index (χ2v) is 8.54. The Kier molecular flexibility index (Phi) is 5.99. The topological polar surface area (TPSA) is 163 Å². The summed E-state index contributed by atoms with van der Waals surface area (Å²) in [5, 5.41) is 31.5. The molecule has 1 amide bonds. The summed E-state index contributed by atoms with van der Waals surface area (Å²) in [4.78, 5) is 25.1. The van der Waals surface area contributed by atoms with E-state index in [0.717, 1.165) is 43.8 Å². The maximum atomic E-state index is 12.6. The van der Waals surface area contributed by atoms with Gasteiger partial charge in [0.15, 0.2) is 5.17 Å². The van der Waals surface area contributed by atoms with Crippen molar-refractivity contribution in [1.82, 2.24) is 9.97 Å². The van der Waals surface area contributed by atoms with Crippen molar-refractivity contribution in [3.05, 3.63) is 41.9 Å². The predicted octanol–water partition coefficient (Wildman–Crippen LogP) is 1.53. The first-order valence-corrected chi connectivity index (χ1v) is 10.8. The van der Waals surface area contributed by atoms with Gasteiger partial charge in [-0.3, -0.25) is 9.79 Å². The van der Waals surface area contributed by atoms with Gasteiger partial charge < -0.3 is 31.1 Å². The normalized spacial score (nSPS) is 23.1. The van der Waals surface area contributed by atoms with Crippen molar-refractivity contribution in [2.75, 3.05) is 11.1 Å². The molecular weight excluding hydrogens is 422 g/mol. The summed E-state index contributed by atoms with van der Waals surface area (Å²) in [6.45, 7) is -2.03. The Bertz CT molecular complexity index is 1000. The molecule has 0 unspecified atom stereocenters. The number of aliphatic hydroxyl groups excluding tert-OH is 1. The third-order valence-electron chi connectivity index (χ3n) is 5.59. The van der Waals surface area contributed by atoms with Gasteiger partial charge in [0.2, 0.25) is 5.88 Å². The average Bonchev–Trinajstić information content (AvgIpc) is 2.75. The fourth-order valence-electron chi connectivity index (χ4n) is 4.18. The molecule has 164 valence electrons. The van der Waals surface area contributed by atoms with Crippen LogP contribution in [0, 0.1) is 5.92 Å². The maximum Gasteiger partial charge on any atom is 0.312 e. The van der Waals surface area contributed by atoms with E-state index in [-0.39, 0.29) is 23.2 Å². The minimum absolute atomic E-state index is 0.0134. The second-order valence-electron chi connectivity index (χ2n) is 7.50. The van der Waals surface area contributed by atoms with Crippen LogP contribution in [0.15, 0.2) is 35.6 Å². The van der Waals surface area contributed by atoms with Crippen molar-refractivity contribution in [2.45, 2.75) is 37.7 Å². The van der Waals surface area contributed by atoms with Gasteiger partial charge in [0.05, 0.1) is 17.9 Å². The number of hydrogen-bond donors (Lipinski definition) is 5. The summed E-state index contributed by atoms with van der Waals surface area (Å²) in [6.07, 6.45) is 6.17. The molecule has 0 bridgehead atoms. The number of aliphatic hydroxyl groups is 2. The molecule has 2 aliphatic rings. The fourth-order valence-corrected chi connectivity index (χ4v) is 5.23. The molecule has 0 radical (unpaired) electrons. The Hall–Kier alpha value is -2.89. The Balaban J connectivity index is 1.59. The SMILES string of the molecule is NC1=N[C@@]2(c3cc(NC(=O)c4cnc(OC(O)O)cn4)ccc3O)CCCC[C@H]2CS1. The Labute approximate surface area is 182 Å². The molecule has 2 atom stereocenters. The van der Waals surface area contributed by atoms with Crippen molar-refractivity contribution in [3.8, 4) is 11.6 Å². The maximum absolute atomic E-state index is 12.6. The Morgan fingerprint density at radius 1 is 1.29 bits per heavy atom. The molecule has 1 saturated carbocycles. The third-order valence-corrected chi connectivity index (χ3v) is 6.54. The number of benzene rings is 1. The Morgan fingerprint density at radius 2 is 2.13 bits per heavy atom. The fraction of sp³-hybridized carbons (Fsp3) is 0.400. The van der Waals surface area contributed by atoms with Crippen molar-refractivity contribution in [2.24, 2.45) is 16.6 Å². The zero-order valence-electron chi connectivity index (χ0n) is 16.6. The minimum atomic E-state index is -2.03. The molecule has 1 aromatic carbocycles. The number of nitrogens with one attached hydrogen (secondary N) is 1. The van der Waals surface area contributed by atoms with E-state index < -0.39 is 17.9 Å². The highest BCUT2D eigenvalue weighted by Gasteiger charge is 2.46. The first kappa shape index (κ1) is 21.3. The van der Waals surface area contributed by atoms with Crippen LogP contribution < -0.4 is 15.8 Å². The van der Waals surface area contributed by atoms with Gasteiger partial charge in [0.25, 0.3) is 5.91 Å². The molecule has 10 nitrogen and oxygen atoms in total. The number of ether oxygens (including phenoxy) is 1. The number of carbonyl (C=O) groups excluding carboxylic acids is 1. The van der Waals surface area contributed by atoms with Crippen LogP contribution in [-0.4, -0.2) is 48.6 Å². The van der Waals surface area contributed by atoms with E-state index in [1.165, 1.54) is 11.8 Å². The monoisotopic (exact) mass is 445 g/mol. The molecule has 4 rings (SSSR count). The summed E-state index contributed by atoms with van der Waals surface area (Å²) < 4.78 is 4.58. The quantitative estimate of drug-likeness (QED) is 0.339. The highest BCUT2D eigenvalue weighted by Crippen LogP contribution is 2.51. The Morgan fingerprint density at radius 3 is 2.87 bits per heavy atom. The lowest BCUT2D eigenvalue weighted by atomic mass is 9.69. The van der Waals surface area contributed by atoms with E-state index in [1.54, 1.807) is 18.2 Å². The predicted molar refractivity (Wildman–Crippen MR) is 115 cm³/mol. The zero-order valence-corrected chi connectivity index (χ0v) is 17.4. The second kappa shape index (κ2) is 8.69. The number of aromatic hydroxyl groups is 1. The number of carbonyl (C=O) groups is 1. The molecule has 0 saturated heterocycles. The largest absolute Gasteiger partial charge is 0.508 e. The molecule has 2 aromatic rings. The third kappa shape index (κ3) is 4.43. The van der Waals surface area contributed by atoms with Crippen LogP contribution in [0.2, 0.25) is 0 Å². The summed E-state index contributed by atoms with van der Waals surface area (Å²) >= 11 is 1.54. The molecular formula is C20H23N5O5S. The number of anilines is 1. The van der Waals surface area contributed by atoms with Crippen LogP contribution in [-0.2, 0) is 5.54 Å². The molecule has 2 heterocycles. The number of nitrogens with two attached hydrogens (primary N) is 1. The standard InChI is InChI=1S/C20H23N5O5S/c21-18-25-20(6-2-1-3-11(20)10-31-18)13-7-12(4-5-15(13)26)24-17(27)14-8-23-16(9-22-14)30-19(28)29/h4-5,7-9,11,19,26,28-29H,1-3,6,10H2,(H2,21,25)(H,24,27)/t11-,20-/m0/s1. The summed E-state index contributed by atoms with van der Waals surface area (Å²) in [6, 6.07) is 4.89. The average molecular weight is 446 g/mol. The lowest BCUT2D eigenvalue weighted by Crippen LogP contribution is -2.42.